The number of Topliss-reactive ketones (excluding diaryl/α,β-unsaturated/α-hetero) is 1. The molecule has 24 heavy (non-hydrogen) atoms. The average Bonchev–Trinajstić information content (AvgIpc) is 2.62. The molecule has 8 nitrogen and oxygen atoms in total. The molecule has 0 aliphatic carbocycles. The maximum atomic E-state index is 11.9. The van der Waals surface area contributed by atoms with Crippen LogP contribution in [-0.2, 0) is 20.9 Å². The Labute approximate surface area is 139 Å². The fraction of sp³-hybridized carbons (Fsp3) is 0.438. The van der Waals surface area contributed by atoms with Crippen molar-refractivity contribution in [3.8, 4) is 0 Å². The van der Waals surface area contributed by atoms with Gasteiger partial charge in [0.05, 0.1) is 6.54 Å². The Kier molecular flexibility index (Phi) is 8.03. The van der Waals surface area contributed by atoms with E-state index in [0.29, 0.717) is 6.42 Å². The van der Waals surface area contributed by atoms with E-state index in [0.717, 1.165) is 5.56 Å². The quantitative estimate of drug-likeness (QED) is 0.333. The van der Waals surface area contributed by atoms with Gasteiger partial charge < -0.3 is 26.0 Å². The zero-order chi connectivity index (χ0) is 18.0. The van der Waals surface area contributed by atoms with Crippen LogP contribution in [0.4, 0.5) is 4.79 Å². The number of hydrogen-bond donors (Lipinski definition) is 4. The number of rotatable bonds is 10. The molecule has 0 bridgehead atoms. The fourth-order valence-corrected chi connectivity index (χ4v) is 1.90. The van der Waals surface area contributed by atoms with Crippen LogP contribution in [0.15, 0.2) is 30.3 Å². The number of ketones is 1. The van der Waals surface area contributed by atoms with Crippen molar-refractivity contribution >= 4 is 18.2 Å². The molecule has 0 radical (unpaired) electrons. The Bertz CT molecular complexity index is 551. The zero-order valence-electron chi connectivity index (χ0n) is 13.2. The monoisotopic (exact) mass is 338 g/mol. The molecule has 0 saturated heterocycles. The molecule has 1 aromatic rings. The van der Waals surface area contributed by atoms with Crippen LogP contribution in [-0.4, -0.2) is 53.2 Å². The Hall–Kier alpha value is -2.29. The van der Waals surface area contributed by atoms with Crippen LogP contribution in [0.25, 0.3) is 0 Å². The van der Waals surface area contributed by atoms with Gasteiger partial charge in [0.1, 0.15) is 12.7 Å². The summed E-state index contributed by atoms with van der Waals surface area (Å²) in [7, 11) is 0. The van der Waals surface area contributed by atoms with Crippen LogP contribution in [0.3, 0.4) is 0 Å². The second-order valence-corrected chi connectivity index (χ2v) is 5.27. The van der Waals surface area contributed by atoms with E-state index in [1.54, 1.807) is 24.3 Å². The number of carbonyl (C=O) groups excluding carboxylic acids is 3. The largest absolute Gasteiger partial charge is 0.445 e. The van der Waals surface area contributed by atoms with Crippen molar-refractivity contribution in [3.63, 3.8) is 0 Å². The standard InChI is InChI=1S/C16H22N2O6/c17-8-4-7-13(20)14(21)16(23,11-19)10-18-15(22)24-9-12-5-2-1-3-6-12/h1-3,5-6,11,13,20,23H,4,7-10,17H2,(H,18,22). The van der Waals surface area contributed by atoms with E-state index < -0.39 is 30.1 Å². The number of ether oxygens (including phenoxy) is 1. The minimum Gasteiger partial charge on any atom is -0.445 e. The molecule has 0 heterocycles. The predicted octanol–water partition coefficient (Wildman–Crippen LogP) is -0.488. The van der Waals surface area contributed by atoms with E-state index in [2.05, 4.69) is 5.32 Å². The van der Waals surface area contributed by atoms with Gasteiger partial charge in [-0.1, -0.05) is 30.3 Å². The summed E-state index contributed by atoms with van der Waals surface area (Å²) >= 11 is 0. The molecule has 1 aromatic carbocycles. The molecule has 0 spiro atoms. The number of carbonyl (C=O) groups is 3. The van der Waals surface area contributed by atoms with E-state index in [9.17, 15) is 24.6 Å². The second kappa shape index (κ2) is 9.76. The summed E-state index contributed by atoms with van der Waals surface area (Å²) < 4.78 is 4.91. The highest BCUT2D eigenvalue weighted by Gasteiger charge is 2.39. The molecule has 0 aliphatic rings. The molecule has 132 valence electrons. The molecule has 0 aromatic heterocycles. The number of nitrogens with one attached hydrogen (secondary N) is 1. The lowest BCUT2D eigenvalue weighted by molar-refractivity contribution is -0.150. The van der Waals surface area contributed by atoms with Crippen molar-refractivity contribution in [2.24, 2.45) is 5.73 Å². The third-order valence-corrected chi connectivity index (χ3v) is 3.32. The lowest BCUT2D eigenvalue weighted by Gasteiger charge is -2.23. The number of benzene rings is 1. The van der Waals surface area contributed by atoms with E-state index in [1.165, 1.54) is 0 Å². The summed E-state index contributed by atoms with van der Waals surface area (Å²) in [5.41, 5.74) is 3.51. The number of amides is 1. The van der Waals surface area contributed by atoms with Crippen molar-refractivity contribution < 1.29 is 29.3 Å². The van der Waals surface area contributed by atoms with Crippen molar-refractivity contribution in [1.29, 1.82) is 0 Å². The normalized spacial score (nSPS) is 14.3. The topological polar surface area (TPSA) is 139 Å². The highest BCUT2D eigenvalue weighted by Crippen LogP contribution is 2.09. The maximum Gasteiger partial charge on any atom is 0.407 e. The first-order valence-electron chi connectivity index (χ1n) is 7.48. The van der Waals surface area contributed by atoms with Gasteiger partial charge in [0.2, 0.25) is 5.78 Å². The number of aliphatic hydroxyl groups excluding tert-OH is 1. The van der Waals surface area contributed by atoms with Gasteiger partial charge in [0.25, 0.3) is 0 Å². The molecular formula is C16H22N2O6. The Morgan fingerprint density at radius 1 is 1.33 bits per heavy atom. The smallest absolute Gasteiger partial charge is 0.407 e. The summed E-state index contributed by atoms with van der Waals surface area (Å²) in [6.07, 6.45) is -2.08. The molecular weight excluding hydrogens is 316 g/mol. The summed E-state index contributed by atoms with van der Waals surface area (Å²) in [4.78, 5) is 34.6. The predicted molar refractivity (Wildman–Crippen MR) is 84.9 cm³/mol. The minimum atomic E-state index is -2.51. The van der Waals surface area contributed by atoms with Crippen LogP contribution in [0.1, 0.15) is 18.4 Å². The van der Waals surface area contributed by atoms with Crippen molar-refractivity contribution in [2.75, 3.05) is 13.1 Å². The first kappa shape index (κ1) is 19.8. The minimum absolute atomic E-state index is 0.000732. The molecule has 5 N–H and O–H groups in total. The Morgan fingerprint density at radius 3 is 2.58 bits per heavy atom. The van der Waals surface area contributed by atoms with Crippen molar-refractivity contribution in [1.82, 2.24) is 5.32 Å². The van der Waals surface area contributed by atoms with Crippen molar-refractivity contribution in [2.45, 2.75) is 31.2 Å². The van der Waals surface area contributed by atoms with Gasteiger partial charge in [-0.2, -0.15) is 0 Å². The Balaban J connectivity index is 2.50. The van der Waals surface area contributed by atoms with Crippen LogP contribution >= 0.6 is 0 Å². The van der Waals surface area contributed by atoms with Gasteiger partial charge in [-0.05, 0) is 24.9 Å². The number of aliphatic hydroxyl groups is 2. The third kappa shape index (κ3) is 6.07. The highest BCUT2D eigenvalue weighted by atomic mass is 16.5. The second-order valence-electron chi connectivity index (χ2n) is 5.27. The summed E-state index contributed by atoms with van der Waals surface area (Å²) in [5, 5.41) is 21.8. The number of alkyl carbamates (subject to hydrolysis) is 1. The van der Waals surface area contributed by atoms with Gasteiger partial charge >= 0.3 is 6.09 Å². The van der Waals surface area contributed by atoms with E-state index in [4.69, 9.17) is 10.5 Å². The fourth-order valence-electron chi connectivity index (χ4n) is 1.90. The molecule has 0 saturated carbocycles. The van der Waals surface area contributed by atoms with E-state index in [1.807, 2.05) is 6.07 Å². The highest BCUT2D eigenvalue weighted by molar-refractivity contribution is 6.04. The van der Waals surface area contributed by atoms with Gasteiger partial charge in [-0.25, -0.2) is 4.79 Å². The van der Waals surface area contributed by atoms with Crippen molar-refractivity contribution in [3.05, 3.63) is 35.9 Å². The number of nitrogens with two attached hydrogens (primary N) is 1. The first-order valence-corrected chi connectivity index (χ1v) is 7.48. The van der Waals surface area contributed by atoms with Gasteiger partial charge in [-0.3, -0.25) is 9.59 Å². The maximum absolute atomic E-state index is 11.9. The Morgan fingerprint density at radius 2 is 2.00 bits per heavy atom. The van der Waals surface area contributed by atoms with Crippen LogP contribution in [0, 0.1) is 0 Å². The molecule has 2 unspecified atom stereocenters. The third-order valence-electron chi connectivity index (χ3n) is 3.32. The molecule has 1 rings (SSSR count). The van der Waals surface area contributed by atoms with E-state index in [-0.39, 0.29) is 25.9 Å². The number of aldehydes is 1. The number of hydrogen-bond acceptors (Lipinski definition) is 7. The van der Waals surface area contributed by atoms with Gasteiger partial charge in [-0.15, -0.1) is 0 Å². The molecule has 8 heteroatoms. The van der Waals surface area contributed by atoms with Gasteiger partial charge in [0, 0.05) is 0 Å². The average molecular weight is 338 g/mol. The van der Waals surface area contributed by atoms with Crippen LogP contribution < -0.4 is 11.1 Å². The lowest BCUT2D eigenvalue weighted by Crippen LogP contribution is -2.54. The van der Waals surface area contributed by atoms with Gasteiger partial charge in [0.15, 0.2) is 11.9 Å². The summed E-state index contributed by atoms with van der Waals surface area (Å²) in [6.45, 7) is -0.435. The molecule has 0 aliphatic heterocycles. The zero-order valence-corrected chi connectivity index (χ0v) is 13.2. The SMILES string of the molecule is NCCCC(O)C(=O)C(O)(C=O)CNC(=O)OCc1ccccc1. The summed E-state index contributed by atoms with van der Waals surface area (Å²) in [5.74, 6) is -1.09. The molecule has 1 amide bonds. The lowest BCUT2D eigenvalue weighted by atomic mass is 9.93. The molecule has 2 atom stereocenters. The van der Waals surface area contributed by atoms with Crippen LogP contribution in [0.5, 0.6) is 0 Å². The first-order chi connectivity index (χ1) is 11.4. The summed E-state index contributed by atoms with van der Waals surface area (Å²) in [6, 6.07) is 8.89. The molecule has 0 fully saturated rings. The van der Waals surface area contributed by atoms with E-state index >= 15 is 0 Å². The van der Waals surface area contributed by atoms with Crippen LogP contribution in [0.2, 0.25) is 0 Å².